The summed E-state index contributed by atoms with van der Waals surface area (Å²) >= 11 is 11.9. The molecule has 1 atom stereocenters. The monoisotopic (exact) mass is 457 g/mol. The van der Waals surface area contributed by atoms with E-state index in [0.717, 1.165) is 0 Å². The van der Waals surface area contributed by atoms with Gasteiger partial charge in [0.05, 0.1) is 16.6 Å². The van der Waals surface area contributed by atoms with E-state index in [9.17, 15) is 9.18 Å². The van der Waals surface area contributed by atoms with Crippen molar-refractivity contribution in [2.45, 2.75) is 19.0 Å². The number of amidine groups is 1. The number of carbonyl (C=O) groups is 1. The summed E-state index contributed by atoms with van der Waals surface area (Å²) in [4.78, 5) is 25.2. The molecule has 1 aliphatic rings. The molecular weight excluding hydrogens is 444 g/mol. The molecule has 0 aliphatic carbocycles. The van der Waals surface area contributed by atoms with E-state index in [1.807, 2.05) is 0 Å². The van der Waals surface area contributed by atoms with Crippen molar-refractivity contribution in [1.29, 1.82) is 5.26 Å². The number of carbonyl (C=O) groups excluding carboxylic acids is 1. The Morgan fingerprint density at radius 3 is 2.87 bits per heavy atom. The van der Waals surface area contributed by atoms with E-state index in [-0.39, 0.29) is 32.8 Å². The molecule has 0 bridgehead atoms. The molecule has 0 radical (unpaired) electrons. The molecule has 3 heterocycles. The van der Waals surface area contributed by atoms with E-state index in [0.29, 0.717) is 18.1 Å². The second kappa shape index (κ2) is 7.65. The zero-order chi connectivity index (χ0) is 22.3. The van der Waals surface area contributed by atoms with Crippen LogP contribution in [0.25, 0.3) is 0 Å². The first-order chi connectivity index (χ1) is 14.7. The molecule has 0 fully saturated rings. The topological polar surface area (TPSA) is 122 Å². The first kappa shape index (κ1) is 20.8. The van der Waals surface area contributed by atoms with Crippen LogP contribution in [0.2, 0.25) is 10.0 Å². The van der Waals surface area contributed by atoms with E-state index in [1.54, 1.807) is 30.0 Å². The number of nitrogens with zero attached hydrogens (tertiary/aromatic N) is 5. The number of nitrogens with one attached hydrogen (secondary N) is 1. The summed E-state index contributed by atoms with van der Waals surface area (Å²) in [5.74, 6) is -0.479. The molecule has 4 rings (SSSR count). The van der Waals surface area contributed by atoms with E-state index in [2.05, 4.69) is 20.3 Å². The van der Waals surface area contributed by atoms with Gasteiger partial charge >= 0.3 is 0 Å². The molecular formula is C20H14Cl2FN7O. The van der Waals surface area contributed by atoms with Crippen LogP contribution >= 0.6 is 23.2 Å². The summed E-state index contributed by atoms with van der Waals surface area (Å²) in [6.45, 7) is 2.05. The number of hydrogen-bond donors (Lipinski definition) is 2. The Morgan fingerprint density at radius 2 is 2.13 bits per heavy atom. The molecule has 3 N–H and O–H groups in total. The summed E-state index contributed by atoms with van der Waals surface area (Å²) in [5.41, 5.74) is 5.21. The van der Waals surface area contributed by atoms with Gasteiger partial charge in [0.2, 0.25) is 0 Å². The van der Waals surface area contributed by atoms with Gasteiger partial charge in [-0.2, -0.15) is 5.26 Å². The van der Waals surface area contributed by atoms with Crippen molar-refractivity contribution in [3.05, 3.63) is 75.3 Å². The molecule has 1 unspecified atom stereocenters. The highest BCUT2D eigenvalue weighted by molar-refractivity contribution is 6.37. The summed E-state index contributed by atoms with van der Waals surface area (Å²) in [6.07, 6.45) is 3.33. The van der Waals surface area contributed by atoms with Crippen molar-refractivity contribution in [3.8, 4) is 6.07 Å². The normalized spacial score (nSPS) is 17.5. The van der Waals surface area contributed by atoms with Gasteiger partial charge in [-0.25, -0.2) is 14.4 Å². The quantitative estimate of drug-likeness (QED) is 0.623. The molecule has 31 heavy (non-hydrogen) atoms. The lowest BCUT2D eigenvalue weighted by Crippen LogP contribution is -2.37. The summed E-state index contributed by atoms with van der Waals surface area (Å²) in [6, 6.07) is 7.15. The van der Waals surface area contributed by atoms with E-state index in [1.165, 1.54) is 24.3 Å². The van der Waals surface area contributed by atoms with Crippen molar-refractivity contribution in [1.82, 2.24) is 14.5 Å². The van der Waals surface area contributed by atoms with Gasteiger partial charge in [0, 0.05) is 23.6 Å². The zero-order valence-corrected chi connectivity index (χ0v) is 17.5. The number of fused-ring (bicyclic) bond motifs is 1. The molecule has 8 nitrogen and oxygen atoms in total. The smallest absolute Gasteiger partial charge is 0.275 e. The molecule has 1 amide bonds. The first-order valence-corrected chi connectivity index (χ1v) is 9.72. The maximum atomic E-state index is 14.8. The molecule has 0 saturated heterocycles. The molecule has 11 heteroatoms. The number of aromatic nitrogens is 3. The van der Waals surface area contributed by atoms with E-state index in [4.69, 9.17) is 34.2 Å². The molecule has 1 aliphatic heterocycles. The lowest BCUT2D eigenvalue weighted by molar-refractivity contribution is 0.102. The fourth-order valence-electron chi connectivity index (χ4n) is 3.41. The number of nitriles is 1. The number of pyridine rings is 1. The van der Waals surface area contributed by atoms with Gasteiger partial charge in [0.15, 0.2) is 17.4 Å². The Balaban J connectivity index is 1.68. The minimum Gasteiger partial charge on any atom is -0.381 e. The lowest BCUT2D eigenvalue weighted by Gasteiger charge is -2.31. The van der Waals surface area contributed by atoms with Crippen LogP contribution in [-0.2, 0) is 12.1 Å². The van der Waals surface area contributed by atoms with Crippen LogP contribution < -0.4 is 11.1 Å². The second-order valence-electron chi connectivity index (χ2n) is 7.06. The van der Waals surface area contributed by atoms with Gasteiger partial charge < -0.3 is 15.6 Å². The van der Waals surface area contributed by atoms with Crippen LogP contribution in [-0.4, -0.2) is 26.3 Å². The van der Waals surface area contributed by atoms with Gasteiger partial charge in [0.25, 0.3) is 5.91 Å². The minimum absolute atomic E-state index is 0.0203. The number of hydrogen-bond acceptors (Lipinski definition) is 6. The predicted molar refractivity (Wildman–Crippen MR) is 114 cm³/mol. The molecule has 0 spiro atoms. The summed E-state index contributed by atoms with van der Waals surface area (Å²) in [7, 11) is 0. The molecule has 2 aromatic heterocycles. The second-order valence-corrected chi connectivity index (χ2v) is 7.87. The van der Waals surface area contributed by atoms with Crippen LogP contribution in [0, 0.1) is 17.1 Å². The number of aliphatic imine (C=N–C) groups is 1. The van der Waals surface area contributed by atoms with Crippen molar-refractivity contribution < 1.29 is 9.18 Å². The number of anilines is 1. The zero-order valence-electron chi connectivity index (χ0n) is 16.0. The van der Waals surface area contributed by atoms with Crippen molar-refractivity contribution in [2.75, 3.05) is 5.32 Å². The maximum absolute atomic E-state index is 14.8. The number of amides is 1. The molecule has 156 valence electrons. The number of benzene rings is 1. The highest BCUT2D eigenvalue weighted by Gasteiger charge is 2.35. The Labute approximate surface area is 186 Å². The largest absolute Gasteiger partial charge is 0.381 e. The van der Waals surface area contributed by atoms with Crippen LogP contribution in [0.3, 0.4) is 0 Å². The highest BCUT2D eigenvalue weighted by atomic mass is 35.5. The van der Waals surface area contributed by atoms with Gasteiger partial charge in [0.1, 0.15) is 23.1 Å². The fourth-order valence-corrected chi connectivity index (χ4v) is 3.90. The Morgan fingerprint density at radius 1 is 1.35 bits per heavy atom. The molecule has 1 aromatic carbocycles. The number of nitrogens with two attached hydrogens (primary N) is 1. The van der Waals surface area contributed by atoms with Crippen LogP contribution in [0.15, 0.2) is 41.7 Å². The van der Waals surface area contributed by atoms with E-state index < -0.39 is 17.3 Å². The Kier molecular flexibility index (Phi) is 5.13. The maximum Gasteiger partial charge on any atom is 0.275 e. The van der Waals surface area contributed by atoms with Gasteiger partial charge in [-0.15, -0.1) is 0 Å². The first-order valence-electron chi connectivity index (χ1n) is 8.96. The van der Waals surface area contributed by atoms with Crippen molar-refractivity contribution in [2.24, 2.45) is 10.7 Å². The summed E-state index contributed by atoms with van der Waals surface area (Å²) < 4.78 is 16.5. The highest BCUT2D eigenvalue weighted by Crippen LogP contribution is 2.34. The average Bonchev–Trinajstić information content (AvgIpc) is 3.18. The Hall–Kier alpha value is -3.48. The van der Waals surface area contributed by atoms with Gasteiger partial charge in [-0.1, -0.05) is 23.2 Å². The Bertz CT molecular complexity index is 1300. The molecule has 3 aromatic rings. The SMILES string of the molecule is CC1(c2cc(NC(=O)c3nc(C#N)c(Cl)cc3Cl)ccc2F)Cn2ccnc2C(N)=N1. The van der Waals surface area contributed by atoms with Gasteiger partial charge in [-0.05, 0) is 31.2 Å². The number of halogens is 3. The third kappa shape index (κ3) is 3.71. The number of rotatable bonds is 3. The summed E-state index contributed by atoms with van der Waals surface area (Å²) in [5, 5.41) is 11.7. The number of imidazole rings is 1. The minimum atomic E-state index is -1.02. The molecule has 0 saturated carbocycles. The third-order valence-corrected chi connectivity index (χ3v) is 5.42. The lowest BCUT2D eigenvalue weighted by atomic mass is 9.90. The van der Waals surface area contributed by atoms with Crippen LogP contribution in [0.4, 0.5) is 10.1 Å². The standard InChI is InChI=1S/C20H14Cl2FN7O/c1-20(9-30-5-4-26-18(30)17(25)29-20)11-6-10(2-3-14(11)23)27-19(31)16-13(22)7-12(21)15(8-24)28-16/h2-7H,9H2,1H3,(H2,25,29)(H,27,31). The van der Waals surface area contributed by atoms with Crippen molar-refractivity contribution in [3.63, 3.8) is 0 Å². The fraction of sp³-hybridized carbons (Fsp3) is 0.150. The van der Waals surface area contributed by atoms with Gasteiger partial charge in [-0.3, -0.25) is 9.79 Å². The van der Waals surface area contributed by atoms with Crippen molar-refractivity contribution >= 4 is 40.6 Å². The van der Waals surface area contributed by atoms with E-state index >= 15 is 0 Å². The third-order valence-electron chi connectivity index (χ3n) is 4.84. The predicted octanol–water partition coefficient (Wildman–Crippen LogP) is 3.48. The average molecular weight is 458 g/mol. The van der Waals surface area contributed by atoms with Crippen LogP contribution in [0.5, 0.6) is 0 Å². The van der Waals surface area contributed by atoms with Crippen LogP contribution in [0.1, 0.15) is 34.5 Å².